The van der Waals surface area contributed by atoms with E-state index in [1.807, 2.05) is 13.0 Å². The first kappa shape index (κ1) is 13.5. The zero-order chi connectivity index (χ0) is 13.8. The lowest BCUT2D eigenvalue weighted by atomic mass is 9.94. The standard InChI is InChI=1S/C14H18N2O3/c1-10-4-2-6-15-13(10)14(19)16-7-3-5-11(9-16)8-12(17)18/h2,4,6,11H,3,5,7-9H2,1H3,(H,17,18). The van der Waals surface area contributed by atoms with Gasteiger partial charge in [-0.3, -0.25) is 14.6 Å². The first-order valence-corrected chi connectivity index (χ1v) is 6.50. The summed E-state index contributed by atoms with van der Waals surface area (Å²) in [6.07, 6.45) is 3.47. The maximum absolute atomic E-state index is 12.4. The number of piperidine rings is 1. The number of hydrogen-bond donors (Lipinski definition) is 1. The van der Waals surface area contributed by atoms with E-state index in [4.69, 9.17) is 5.11 Å². The summed E-state index contributed by atoms with van der Waals surface area (Å²) in [5.74, 6) is -0.833. The van der Waals surface area contributed by atoms with E-state index in [0.717, 1.165) is 18.4 Å². The third-order valence-corrected chi connectivity index (χ3v) is 3.48. The van der Waals surface area contributed by atoms with Crippen molar-refractivity contribution < 1.29 is 14.7 Å². The molecule has 0 spiro atoms. The Labute approximate surface area is 112 Å². The molecular formula is C14H18N2O3. The molecule has 1 unspecified atom stereocenters. The van der Waals surface area contributed by atoms with Gasteiger partial charge in [0.15, 0.2) is 0 Å². The Morgan fingerprint density at radius 2 is 2.32 bits per heavy atom. The maximum Gasteiger partial charge on any atom is 0.303 e. The van der Waals surface area contributed by atoms with Crippen LogP contribution in [0, 0.1) is 12.8 Å². The van der Waals surface area contributed by atoms with Crippen LogP contribution in [0.5, 0.6) is 0 Å². The average molecular weight is 262 g/mol. The van der Waals surface area contributed by atoms with E-state index in [-0.39, 0.29) is 18.2 Å². The lowest BCUT2D eigenvalue weighted by Gasteiger charge is -2.32. The van der Waals surface area contributed by atoms with Gasteiger partial charge in [-0.05, 0) is 37.3 Å². The number of carboxylic acid groups (broad SMARTS) is 1. The van der Waals surface area contributed by atoms with Gasteiger partial charge < -0.3 is 10.0 Å². The van der Waals surface area contributed by atoms with Crippen molar-refractivity contribution in [3.8, 4) is 0 Å². The minimum atomic E-state index is -0.798. The van der Waals surface area contributed by atoms with Crippen LogP contribution in [0.2, 0.25) is 0 Å². The Kier molecular flexibility index (Phi) is 4.14. The highest BCUT2D eigenvalue weighted by atomic mass is 16.4. The van der Waals surface area contributed by atoms with Crippen LogP contribution in [0.4, 0.5) is 0 Å². The second kappa shape index (κ2) is 5.82. The highest BCUT2D eigenvalue weighted by Gasteiger charge is 2.27. The van der Waals surface area contributed by atoms with Crippen molar-refractivity contribution in [2.75, 3.05) is 13.1 Å². The molecule has 2 heterocycles. The molecule has 1 saturated heterocycles. The molecule has 0 aliphatic carbocycles. The highest BCUT2D eigenvalue weighted by Crippen LogP contribution is 2.21. The zero-order valence-corrected chi connectivity index (χ0v) is 11.0. The molecule has 19 heavy (non-hydrogen) atoms. The number of aliphatic carboxylic acids is 1. The van der Waals surface area contributed by atoms with Crippen molar-refractivity contribution in [2.45, 2.75) is 26.2 Å². The van der Waals surface area contributed by atoms with E-state index < -0.39 is 5.97 Å². The molecule has 1 aliphatic heterocycles. The smallest absolute Gasteiger partial charge is 0.303 e. The predicted octanol–water partition coefficient (Wildman–Crippen LogP) is 1.72. The van der Waals surface area contributed by atoms with Crippen molar-refractivity contribution in [1.82, 2.24) is 9.88 Å². The van der Waals surface area contributed by atoms with Gasteiger partial charge >= 0.3 is 5.97 Å². The lowest BCUT2D eigenvalue weighted by Crippen LogP contribution is -2.41. The second-order valence-electron chi connectivity index (χ2n) is 5.03. The number of likely N-dealkylation sites (tertiary alicyclic amines) is 1. The Bertz CT molecular complexity index is 487. The van der Waals surface area contributed by atoms with E-state index >= 15 is 0 Å². The lowest BCUT2D eigenvalue weighted by molar-refractivity contribution is -0.138. The number of hydrogen-bond acceptors (Lipinski definition) is 3. The first-order chi connectivity index (χ1) is 9.08. The van der Waals surface area contributed by atoms with Crippen LogP contribution in [0.1, 0.15) is 35.3 Å². The minimum absolute atomic E-state index is 0.0548. The van der Waals surface area contributed by atoms with Gasteiger partial charge in [-0.2, -0.15) is 0 Å². The summed E-state index contributed by atoms with van der Waals surface area (Å²) in [6.45, 7) is 3.06. The molecule has 0 aromatic carbocycles. The molecule has 1 N–H and O–H groups in total. The number of amides is 1. The number of nitrogens with zero attached hydrogens (tertiary/aromatic N) is 2. The molecule has 102 valence electrons. The normalized spacial score (nSPS) is 19.2. The van der Waals surface area contributed by atoms with Crippen LogP contribution in [-0.4, -0.2) is 40.0 Å². The van der Waals surface area contributed by atoms with Gasteiger partial charge in [-0.1, -0.05) is 6.07 Å². The van der Waals surface area contributed by atoms with Crippen LogP contribution in [0.15, 0.2) is 18.3 Å². The van der Waals surface area contributed by atoms with Crippen molar-refractivity contribution in [3.63, 3.8) is 0 Å². The molecule has 1 aromatic rings. The van der Waals surface area contributed by atoms with E-state index in [2.05, 4.69) is 4.98 Å². The molecule has 1 atom stereocenters. The van der Waals surface area contributed by atoms with Crippen molar-refractivity contribution in [3.05, 3.63) is 29.6 Å². The predicted molar refractivity (Wildman–Crippen MR) is 69.9 cm³/mol. The van der Waals surface area contributed by atoms with Gasteiger partial charge in [0.2, 0.25) is 0 Å². The summed E-state index contributed by atoms with van der Waals surface area (Å²) in [5, 5.41) is 8.84. The molecule has 2 rings (SSSR count). The molecule has 0 radical (unpaired) electrons. The number of carboxylic acids is 1. The number of aromatic nitrogens is 1. The van der Waals surface area contributed by atoms with Crippen LogP contribution in [0.25, 0.3) is 0 Å². The second-order valence-corrected chi connectivity index (χ2v) is 5.03. The zero-order valence-electron chi connectivity index (χ0n) is 11.0. The molecule has 1 fully saturated rings. The molecule has 5 nitrogen and oxygen atoms in total. The largest absolute Gasteiger partial charge is 0.481 e. The van der Waals surface area contributed by atoms with E-state index in [9.17, 15) is 9.59 Å². The van der Waals surface area contributed by atoms with Crippen molar-refractivity contribution in [1.29, 1.82) is 0 Å². The summed E-state index contributed by atoms with van der Waals surface area (Å²) in [7, 11) is 0. The monoisotopic (exact) mass is 262 g/mol. The van der Waals surface area contributed by atoms with Crippen LogP contribution >= 0.6 is 0 Å². The summed E-state index contributed by atoms with van der Waals surface area (Å²) in [5.41, 5.74) is 1.33. The molecule has 1 amide bonds. The van der Waals surface area contributed by atoms with Gasteiger partial charge in [0, 0.05) is 25.7 Å². The fraction of sp³-hybridized carbons (Fsp3) is 0.500. The first-order valence-electron chi connectivity index (χ1n) is 6.50. The maximum atomic E-state index is 12.4. The Hall–Kier alpha value is -1.91. The van der Waals surface area contributed by atoms with Gasteiger partial charge in [0.25, 0.3) is 5.91 Å². The molecule has 1 aromatic heterocycles. The van der Waals surface area contributed by atoms with Gasteiger partial charge in [0.1, 0.15) is 5.69 Å². The third kappa shape index (κ3) is 3.30. The topological polar surface area (TPSA) is 70.5 Å². The number of carbonyl (C=O) groups excluding carboxylic acids is 1. The van der Waals surface area contributed by atoms with Crippen LogP contribution in [-0.2, 0) is 4.79 Å². The summed E-state index contributed by atoms with van der Waals surface area (Å²) >= 11 is 0. The van der Waals surface area contributed by atoms with E-state index in [1.165, 1.54) is 0 Å². The fourth-order valence-electron chi connectivity index (χ4n) is 2.52. The molecule has 1 aliphatic rings. The van der Waals surface area contributed by atoms with Crippen molar-refractivity contribution >= 4 is 11.9 Å². The number of carbonyl (C=O) groups is 2. The summed E-state index contributed by atoms with van der Waals surface area (Å²) in [4.78, 5) is 29.0. The van der Waals surface area contributed by atoms with Gasteiger partial charge in [-0.15, -0.1) is 0 Å². The third-order valence-electron chi connectivity index (χ3n) is 3.48. The van der Waals surface area contributed by atoms with Crippen molar-refractivity contribution in [2.24, 2.45) is 5.92 Å². The molecule has 0 bridgehead atoms. The number of pyridine rings is 1. The minimum Gasteiger partial charge on any atom is -0.481 e. The van der Waals surface area contributed by atoms with Crippen LogP contribution in [0.3, 0.4) is 0 Å². The average Bonchev–Trinajstić information content (AvgIpc) is 2.38. The van der Waals surface area contributed by atoms with Crippen LogP contribution < -0.4 is 0 Å². The molecular weight excluding hydrogens is 244 g/mol. The summed E-state index contributed by atoms with van der Waals surface area (Å²) < 4.78 is 0. The Morgan fingerprint density at radius 1 is 1.53 bits per heavy atom. The highest BCUT2D eigenvalue weighted by molar-refractivity contribution is 5.93. The Morgan fingerprint density at radius 3 is 3.00 bits per heavy atom. The Balaban J connectivity index is 2.07. The summed E-state index contributed by atoms with van der Waals surface area (Å²) in [6, 6.07) is 3.66. The van der Waals surface area contributed by atoms with Gasteiger partial charge in [0.05, 0.1) is 0 Å². The fourth-order valence-corrected chi connectivity index (χ4v) is 2.52. The number of aryl methyl sites for hydroxylation is 1. The quantitative estimate of drug-likeness (QED) is 0.900. The SMILES string of the molecule is Cc1cccnc1C(=O)N1CCCC(CC(=O)O)C1. The van der Waals surface area contributed by atoms with E-state index in [1.54, 1.807) is 17.2 Å². The molecule has 0 saturated carbocycles. The number of rotatable bonds is 3. The molecule has 5 heteroatoms. The van der Waals surface area contributed by atoms with E-state index in [0.29, 0.717) is 18.8 Å². The van der Waals surface area contributed by atoms with Gasteiger partial charge in [-0.25, -0.2) is 0 Å².